The molecule has 0 aromatic heterocycles. The summed E-state index contributed by atoms with van der Waals surface area (Å²) < 4.78 is 33.1. The first-order valence-corrected chi connectivity index (χ1v) is 11.5. The molecule has 0 saturated heterocycles. The second-order valence-corrected chi connectivity index (χ2v) is 8.35. The van der Waals surface area contributed by atoms with E-state index in [1.165, 1.54) is 17.8 Å². The molecule has 0 spiro atoms. The van der Waals surface area contributed by atoms with Gasteiger partial charge in [-0.25, -0.2) is 8.78 Å². The standard InChI is InChI=1S/C25H22F2N2O5S/c1-35-22-11-21(27)20(26)10-19(22)16-5-7-18(8-6-16)34-14-15-3-2-4-17(9-15)25(33)29(12-23(28)30)13-24(31)32/h2-11H,12-14H2,1H3,(H2,28,30)(H,31,32). The number of benzene rings is 3. The van der Waals surface area contributed by atoms with Crippen LogP contribution >= 0.6 is 11.8 Å². The minimum Gasteiger partial charge on any atom is -0.489 e. The van der Waals surface area contributed by atoms with Gasteiger partial charge in [0.05, 0.1) is 0 Å². The molecule has 10 heteroatoms. The second-order valence-electron chi connectivity index (χ2n) is 7.50. The minimum atomic E-state index is -1.27. The maximum atomic E-state index is 13.7. The summed E-state index contributed by atoms with van der Waals surface area (Å²) in [6, 6.07) is 15.6. The zero-order valence-corrected chi connectivity index (χ0v) is 19.5. The van der Waals surface area contributed by atoms with Crippen LogP contribution in [0.25, 0.3) is 11.1 Å². The lowest BCUT2D eigenvalue weighted by atomic mass is 10.1. The third-order valence-electron chi connectivity index (χ3n) is 4.95. The Bertz CT molecular complexity index is 1240. The molecule has 3 rings (SSSR count). The number of halogens is 2. The third kappa shape index (κ3) is 6.80. The number of carboxylic acid groups (broad SMARTS) is 1. The van der Waals surface area contributed by atoms with Gasteiger partial charge in [0, 0.05) is 10.5 Å². The highest BCUT2D eigenvalue weighted by atomic mass is 32.2. The molecular weight excluding hydrogens is 478 g/mol. The van der Waals surface area contributed by atoms with Crippen LogP contribution in [0.2, 0.25) is 0 Å². The normalized spacial score (nSPS) is 10.6. The molecule has 0 aliphatic rings. The predicted molar refractivity (Wildman–Crippen MR) is 127 cm³/mol. The lowest BCUT2D eigenvalue weighted by Gasteiger charge is -2.19. The summed E-state index contributed by atoms with van der Waals surface area (Å²) in [5.74, 6) is -4.05. The Morgan fingerprint density at radius 1 is 1.00 bits per heavy atom. The Kier molecular flexibility index (Phi) is 8.43. The van der Waals surface area contributed by atoms with Crippen molar-refractivity contribution in [2.45, 2.75) is 11.5 Å². The van der Waals surface area contributed by atoms with Gasteiger partial charge >= 0.3 is 5.97 Å². The zero-order valence-electron chi connectivity index (χ0n) is 18.7. The second kappa shape index (κ2) is 11.5. The Morgan fingerprint density at radius 2 is 1.69 bits per heavy atom. The summed E-state index contributed by atoms with van der Waals surface area (Å²) in [6.45, 7) is -1.07. The summed E-state index contributed by atoms with van der Waals surface area (Å²) in [5, 5.41) is 9.00. The van der Waals surface area contributed by atoms with Gasteiger partial charge in [0.15, 0.2) is 11.6 Å². The van der Waals surface area contributed by atoms with Crippen LogP contribution in [0.3, 0.4) is 0 Å². The van der Waals surface area contributed by atoms with Gasteiger partial charge in [-0.15, -0.1) is 11.8 Å². The van der Waals surface area contributed by atoms with Crippen LogP contribution in [0.15, 0.2) is 65.6 Å². The van der Waals surface area contributed by atoms with Crippen molar-refractivity contribution in [2.75, 3.05) is 19.3 Å². The lowest BCUT2D eigenvalue weighted by molar-refractivity contribution is -0.138. The van der Waals surface area contributed by atoms with Crippen molar-refractivity contribution in [3.63, 3.8) is 0 Å². The zero-order chi connectivity index (χ0) is 25.5. The van der Waals surface area contributed by atoms with Crippen LogP contribution in [0, 0.1) is 11.6 Å². The van der Waals surface area contributed by atoms with E-state index in [1.807, 2.05) is 0 Å². The molecule has 0 bridgehead atoms. The number of hydrogen-bond acceptors (Lipinski definition) is 5. The summed E-state index contributed by atoms with van der Waals surface area (Å²) in [6.07, 6.45) is 1.78. The van der Waals surface area contributed by atoms with E-state index in [-0.39, 0.29) is 12.2 Å². The van der Waals surface area contributed by atoms with Crippen molar-refractivity contribution in [1.29, 1.82) is 0 Å². The summed E-state index contributed by atoms with van der Waals surface area (Å²) in [4.78, 5) is 36.4. The van der Waals surface area contributed by atoms with Crippen LogP contribution in [-0.4, -0.2) is 47.1 Å². The smallest absolute Gasteiger partial charge is 0.323 e. The van der Waals surface area contributed by atoms with Gasteiger partial charge in [-0.05, 0) is 59.3 Å². The van der Waals surface area contributed by atoms with Gasteiger partial charge in [0.25, 0.3) is 5.91 Å². The number of thioether (sulfide) groups is 1. The number of carbonyl (C=O) groups excluding carboxylic acids is 2. The fourth-order valence-corrected chi connectivity index (χ4v) is 3.97. The minimum absolute atomic E-state index is 0.108. The Morgan fingerprint density at radius 3 is 2.31 bits per heavy atom. The first-order chi connectivity index (χ1) is 16.7. The molecule has 3 aromatic carbocycles. The number of amides is 2. The number of aliphatic carboxylic acids is 1. The Balaban J connectivity index is 1.71. The van der Waals surface area contributed by atoms with E-state index in [2.05, 4.69) is 0 Å². The first kappa shape index (κ1) is 25.7. The van der Waals surface area contributed by atoms with Gasteiger partial charge in [-0.1, -0.05) is 24.3 Å². The van der Waals surface area contributed by atoms with Crippen LogP contribution in [0.1, 0.15) is 15.9 Å². The number of hydrogen-bond donors (Lipinski definition) is 2. The number of rotatable bonds is 10. The molecule has 182 valence electrons. The third-order valence-corrected chi connectivity index (χ3v) is 5.72. The number of nitrogens with zero attached hydrogens (tertiary/aromatic N) is 1. The Hall–Kier alpha value is -3.92. The largest absolute Gasteiger partial charge is 0.489 e. The van der Waals surface area contributed by atoms with E-state index >= 15 is 0 Å². The fraction of sp³-hybridized carbons (Fsp3) is 0.160. The maximum absolute atomic E-state index is 13.7. The van der Waals surface area contributed by atoms with Crippen LogP contribution in [-0.2, 0) is 16.2 Å². The number of ether oxygens (including phenoxy) is 1. The highest BCUT2D eigenvalue weighted by Crippen LogP contribution is 2.33. The van der Waals surface area contributed by atoms with Gasteiger partial charge < -0.3 is 20.5 Å². The topological polar surface area (TPSA) is 110 Å². The van der Waals surface area contributed by atoms with Crippen LogP contribution in [0.4, 0.5) is 8.78 Å². The molecule has 3 aromatic rings. The van der Waals surface area contributed by atoms with Crippen LogP contribution < -0.4 is 10.5 Å². The van der Waals surface area contributed by atoms with Crippen LogP contribution in [0.5, 0.6) is 5.75 Å². The molecular formula is C25H22F2N2O5S. The van der Waals surface area contributed by atoms with Crippen molar-refractivity contribution in [3.05, 3.63) is 83.4 Å². The van der Waals surface area contributed by atoms with E-state index in [4.69, 9.17) is 15.6 Å². The van der Waals surface area contributed by atoms with E-state index < -0.39 is 42.5 Å². The van der Waals surface area contributed by atoms with E-state index in [0.29, 0.717) is 27.3 Å². The fourth-order valence-electron chi connectivity index (χ4n) is 3.35. The summed E-state index contributed by atoms with van der Waals surface area (Å²) in [5.41, 5.74) is 7.21. The molecule has 0 saturated carbocycles. The molecule has 35 heavy (non-hydrogen) atoms. The molecule has 3 N–H and O–H groups in total. The maximum Gasteiger partial charge on any atom is 0.323 e. The van der Waals surface area contributed by atoms with E-state index in [9.17, 15) is 23.2 Å². The van der Waals surface area contributed by atoms with Gasteiger partial charge in [0.1, 0.15) is 25.4 Å². The SMILES string of the molecule is CSc1cc(F)c(F)cc1-c1ccc(OCc2cccc(C(=O)N(CC(N)=O)CC(=O)O)c2)cc1. The van der Waals surface area contributed by atoms with E-state index in [1.54, 1.807) is 48.7 Å². The number of carbonyl (C=O) groups is 3. The number of primary amides is 1. The highest BCUT2D eigenvalue weighted by molar-refractivity contribution is 7.98. The average molecular weight is 501 g/mol. The number of nitrogens with two attached hydrogens (primary N) is 1. The van der Waals surface area contributed by atoms with Crippen molar-refractivity contribution in [2.24, 2.45) is 5.73 Å². The molecule has 0 unspecified atom stereocenters. The lowest BCUT2D eigenvalue weighted by Crippen LogP contribution is -2.41. The highest BCUT2D eigenvalue weighted by Gasteiger charge is 2.20. The van der Waals surface area contributed by atoms with Gasteiger partial charge in [-0.3, -0.25) is 14.4 Å². The molecule has 0 fully saturated rings. The van der Waals surface area contributed by atoms with Crippen molar-refractivity contribution >= 4 is 29.5 Å². The molecule has 2 amide bonds. The molecule has 7 nitrogen and oxygen atoms in total. The quantitative estimate of drug-likeness (QED) is 0.408. The van der Waals surface area contributed by atoms with Gasteiger partial charge in [-0.2, -0.15) is 0 Å². The predicted octanol–water partition coefficient (Wildman–Crippen LogP) is 3.94. The van der Waals surface area contributed by atoms with E-state index in [0.717, 1.165) is 17.0 Å². The molecule has 0 aliphatic heterocycles. The number of carboxylic acids is 1. The average Bonchev–Trinajstić information content (AvgIpc) is 2.83. The Labute approximate surface area is 204 Å². The first-order valence-electron chi connectivity index (χ1n) is 10.3. The van der Waals surface area contributed by atoms with Gasteiger partial charge in [0.2, 0.25) is 5.91 Å². The monoisotopic (exact) mass is 500 g/mol. The van der Waals surface area contributed by atoms with Crippen molar-refractivity contribution in [1.82, 2.24) is 4.90 Å². The molecule has 0 heterocycles. The molecule has 0 radical (unpaired) electrons. The van der Waals surface area contributed by atoms with Crippen molar-refractivity contribution in [3.8, 4) is 16.9 Å². The molecule has 0 aliphatic carbocycles. The summed E-state index contributed by atoms with van der Waals surface area (Å²) in [7, 11) is 0. The van der Waals surface area contributed by atoms with Crippen molar-refractivity contribution < 1.29 is 33.0 Å². The summed E-state index contributed by atoms with van der Waals surface area (Å²) >= 11 is 1.31. The molecule has 0 atom stereocenters.